The molecule has 1 aliphatic heterocycles. The summed E-state index contributed by atoms with van der Waals surface area (Å²) in [7, 11) is 1.79. The van der Waals surface area contributed by atoms with E-state index in [4.69, 9.17) is 14.7 Å². The first-order valence-corrected chi connectivity index (χ1v) is 10.6. The number of rotatable bonds is 5. The molecule has 152 valence electrons. The Morgan fingerprint density at radius 2 is 1.86 bits per heavy atom. The van der Waals surface area contributed by atoms with Crippen molar-refractivity contribution in [3.63, 3.8) is 0 Å². The van der Waals surface area contributed by atoms with Crippen LogP contribution in [0, 0.1) is 27.7 Å². The lowest BCUT2D eigenvalue weighted by Crippen LogP contribution is -2.36. The predicted octanol–water partition coefficient (Wildman–Crippen LogP) is 5.32. The van der Waals surface area contributed by atoms with Crippen molar-refractivity contribution in [2.75, 3.05) is 25.2 Å². The molecular formula is C25H31N3O. The van der Waals surface area contributed by atoms with E-state index in [9.17, 15) is 0 Å². The average molecular weight is 390 g/mol. The minimum atomic E-state index is 0.380. The van der Waals surface area contributed by atoms with E-state index in [1.807, 2.05) is 6.20 Å². The molecule has 0 saturated carbocycles. The topological polar surface area (TPSA) is 38.2 Å². The van der Waals surface area contributed by atoms with Gasteiger partial charge in [-0.05, 0) is 63.3 Å². The monoisotopic (exact) mass is 389 g/mol. The van der Waals surface area contributed by atoms with Crippen LogP contribution in [0.4, 0.5) is 5.69 Å². The molecule has 0 fully saturated rings. The van der Waals surface area contributed by atoms with E-state index in [0.29, 0.717) is 6.04 Å². The molecule has 0 bridgehead atoms. The molecule has 0 spiro atoms. The second-order valence-electron chi connectivity index (χ2n) is 8.31. The highest BCUT2D eigenvalue weighted by atomic mass is 16.5. The van der Waals surface area contributed by atoms with E-state index >= 15 is 0 Å². The van der Waals surface area contributed by atoms with Gasteiger partial charge in [0.05, 0.1) is 29.5 Å². The Bertz CT molecular complexity index is 1050. The smallest absolute Gasteiger partial charge is 0.0989 e. The molecule has 1 aromatic carbocycles. The molecule has 29 heavy (non-hydrogen) atoms. The molecule has 1 unspecified atom stereocenters. The van der Waals surface area contributed by atoms with Crippen LogP contribution in [0.25, 0.3) is 22.2 Å². The summed E-state index contributed by atoms with van der Waals surface area (Å²) < 4.78 is 5.53. The van der Waals surface area contributed by atoms with Crippen molar-refractivity contribution in [2.24, 2.45) is 0 Å². The van der Waals surface area contributed by atoms with Gasteiger partial charge in [-0.15, -0.1) is 0 Å². The summed E-state index contributed by atoms with van der Waals surface area (Å²) in [6.07, 6.45) is 4.05. The number of fused-ring (bicyclic) bond motifs is 3. The highest BCUT2D eigenvalue weighted by Crippen LogP contribution is 2.41. The van der Waals surface area contributed by atoms with E-state index in [1.54, 1.807) is 7.11 Å². The Labute approximate surface area is 173 Å². The molecule has 0 saturated heterocycles. The second-order valence-corrected chi connectivity index (χ2v) is 8.31. The molecule has 1 aliphatic rings. The fourth-order valence-corrected chi connectivity index (χ4v) is 5.02. The largest absolute Gasteiger partial charge is 0.383 e. The van der Waals surface area contributed by atoms with Gasteiger partial charge < -0.3 is 9.64 Å². The Morgan fingerprint density at radius 1 is 1.14 bits per heavy atom. The standard InChI is InChI=1S/C25H31N3O/c1-7-19(14-29-6)28-11-9-20-18(5)27-23-21(25(20)28)8-10-26-24(23)22-16(3)12-15(2)13-17(22)4/h8,10,12-13,19H,7,9,11,14H2,1-6H3. The number of aromatic nitrogens is 2. The van der Waals surface area contributed by atoms with E-state index in [-0.39, 0.29) is 0 Å². The van der Waals surface area contributed by atoms with E-state index in [1.165, 1.54) is 38.9 Å². The summed E-state index contributed by atoms with van der Waals surface area (Å²) in [5, 5.41) is 1.21. The van der Waals surface area contributed by atoms with Crippen molar-refractivity contribution < 1.29 is 4.74 Å². The van der Waals surface area contributed by atoms with Crippen molar-refractivity contribution in [3.05, 3.63) is 52.3 Å². The van der Waals surface area contributed by atoms with Gasteiger partial charge in [0.25, 0.3) is 0 Å². The number of anilines is 1. The molecule has 3 aromatic rings. The zero-order valence-electron chi connectivity index (χ0n) is 18.5. The van der Waals surface area contributed by atoms with Gasteiger partial charge in [0.1, 0.15) is 0 Å². The summed E-state index contributed by atoms with van der Waals surface area (Å²) >= 11 is 0. The van der Waals surface area contributed by atoms with Gasteiger partial charge in [0, 0.05) is 36.5 Å². The van der Waals surface area contributed by atoms with Crippen molar-refractivity contribution in [1.29, 1.82) is 0 Å². The van der Waals surface area contributed by atoms with Crippen molar-refractivity contribution in [2.45, 2.75) is 53.5 Å². The average Bonchev–Trinajstić information content (AvgIpc) is 3.12. The van der Waals surface area contributed by atoms with Gasteiger partial charge >= 0.3 is 0 Å². The van der Waals surface area contributed by atoms with Crippen LogP contribution in [-0.2, 0) is 11.2 Å². The van der Waals surface area contributed by atoms with Crippen LogP contribution in [0.5, 0.6) is 0 Å². The number of hydrogen-bond acceptors (Lipinski definition) is 4. The quantitative estimate of drug-likeness (QED) is 0.592. The molecule has 4 rings (SSSR count). The Balaban J connectivity index is 1.98. The molecule has 0 amide bonds. The number of aryl methyl sites for hydroxylation is 4. The third-order valence-corrected chi connectivity index (χ3v) is 6.26. The number of pyridine rings is 2. The number of benzene rings is 1. The highest BCUT2D eigenvalue weighted by Gasteiger charge is 2.30. The Morgan fingerprint density at radius 3 is 2.52 bits per heavy atom. The third-order valence-electron chi connectivity index (χ3n) is 6.26. The fraction of sp³-hybridized carbons (Fsp3) is 0.440. The lowest BCUT2D eigenvalue weighted by Gasteiger charge is -2.30. The second kappa shape index (κ2) is 7.75. The van der Waals surface area contributed by atoms with E-state index in [0.717, 1.165) is 42.9 Å². The Hall–Kier alpha value is -2.46. The van der Waals surface area contributed by atoms with Crippen molar-refractivity contribution in [1.82, 2.24) is 9.97 Å². The van der Waals surface area contributed by atoms with Gasteiger partial charge in [-0.25, -0.2) is 0 Å². The minimum Gasteiger partial charge on any atom is -0.383 e. The zero-order chi connectivity index (χ0) is 20.7. The molecular weight excluding hydrogens is 358 g/mol. The molecule has 0 N–H and O–H groups in total. The normalized spacial score (nSPS) is 14.5. The van der Waals surface area contributed by atoms with E-state index in [2.05, 4.69) is 57.7 Å². The maximum atomic E-state index is 5.53. The maximum absolute atomic E-state index is 5.53. The van der Waals surface area contributed by atoms with Crippen LogP contribution < -0.4 is 4.90 Å². The first-order valence-electron chi connectivity index (χ1n) is 10.6. The first-order chi connectivity index (χ1) is 14.0. The summed E-state index contributed by atoms with van der Waals surface area (Å²) in [4.78, 5) is 12.4. The van der Waals surface area contributed by atoms with Crippen molar-refractivity contribution in [3.8, 4) is 11.3 Å². The first kappa shape index (κ1) is 19.8. The SMILES string of the molecule is CCC(COC)N1CCc2c(C)nc3c(-c4c(C)cc(C)cc4C)nccc3c21. The molecule has 1 atom stereocenters. The summed E-state index contributed by atoms with van der Waals surface area (Å²) in [6, 6.07) is 6.99. The van der Waals surface area contributed by atoms with Crippen LogP contribution in [0.3, 0.4) is 0 Å². The fourth-order valence-electron chi connectivity index (χ4n) is 5.02. The zero-order valence-corrected chi connectivity index (χ0v) is 18.5. The summed E-state index contributed by atoms with van der Waals surface area (Å²) in [6.45, 7) is 12.6. The highest BCUT2D eigenvalue weighted by molar-refractivity contribution is 6.02. The van der Waals surface area contributed by atoms with Crippen LogP contribution >= 0.6 is 0 Å². The molecule has 4 nitrogen and oxygen atoms in total. The Kier molecular flexibility index (Phi) is 5.30. The number of methoxy groups -OCH3 is 1. The lowest BCUT2D eigenvalue weighted by molar-refractivity contribution is 0.175. The maximum Gasteiger partial charge on any atom is 0.0989 e. The van der Waals surface area contributed by atoms with Crippen LogP contribution in [0.15, 0.2) is 24.4 Å². The molecule has 4 heteroatoms. The van der Waals surface area contributed by atoms with Crippen LogP contribution in [0.2, 0.25) is 0 Å². The molecule has 0 radical (unpaired) electrons. The van der Waals surface area contributed by atoms with Crippen LogP contribution in [-0.4, -0.2) is 36.3 Å². The third kappa shape index (κ3) is 3.29. The van der Waals surface area contributed by atoms with Gasteiger partial charge in [-0.1, -0.05) is 24.6 Å². The molecule has 2 aromatic heterocycles. The van der Waals surface area contributed by atoms with Gasteiger partial charge in [0.2, 0.25) is 0 Å². The van der Waals surface area contributed by atoms with Gasteiger partial charge in [-0.2, -0.15) is 0 Å². The number of hydrogen-bond donors (Lipinski definition) is 0. The summed E-state index contributed by atoms with van der Waals surface area (Å²) in [5.74, 6) is 0. The summed E-state index contributed by atoms with van der Waals surface area (Å²) in [5.41, 5.74) is 10.8. The molecule has 3 heterocycles. The van der Waals surface area contributed by atoms with E-state index < -0.39 is 0 Å². The minimum absolute atomic E-state index is 0.380. The van der Waals surface area contributed by atoms with Gasteiger partial charge in [-0.3, -0.25) is 9.97 Å². The predicted molar refractivity (Wildman–Crippen MR) is 121 cm³/mol. The van der Waals surface area contributed by atoms with Crippen molar-refractivity contribution >= 4 is 16.6 Å². The number of nitrogens with zero attached hydrogens (tertiary/aromatic N) is 3. The number of ether oxygens (including phenoxy) is 1. The molecule has 0 aliphatic carbocycles. The van der Waals surface area contributed by atoms with Crippen LogP contribution in [0.1, 0.15) is 41.3 Å². The lowest BCUT2D eigenvalue weighted by atomic mass is 9.95. The van der Waals surface area contributed by atoms with Gasteiger partial charge in [0.15, 0.2) is 0 Å².